The first-order valence-electron chi connectivity index (χ1n) is 13.8. The van der Waals surface area contributed by atoms with Crippen LogP contribution in [0.3, 0.4) is 0 Å². The molecule has 0 spiro atoms. The molecule has 1 aliphatic carbocycles. The maximum absolute atomic E-state index is 13.6. The quantitative estimate of drug-likeness (QED) is 0.269. The highest BCUT2D eigenvalue weighted by molar-refractivity contribution is 6.05. The lowest BCUT2D eigenvalue weighted by Gasteiger charge is -2.23. The van der Waals surface area contributed by atoms with E-state index < -0.39 is 11.3 Å². The summed E-state index contributed by atoms with van der Waals surface area (Å²) in [6.07, 6.45) is 12.7. The van der Waals surface area contributed by atoms with Gasteiger partial charge in [0.25, 0.3) is 5.91 Å². The summed E-state index contributed by atoms with van der Waals surface area (Å²) in [6.45, 7) is 0.724. The van der Waals surface area contributed by atoms with E-state index in [1.165, 1.54) is 37.7 Å². The fourth-order valence-electron chi connectivity index (χ4n) is 5.79. The number of pyridine rings is 1. The lowest BCUT2D eigenvalue weighted by molar-refractivity contribution is 0.102. The zero-order valence-corrected chi connectivity index (χ0v) is 22.8. The molecule has 1 saturated carbocycles. The third-order valence-electron chi connectivity index (χ3n) is 7.91. The molecule has 8 nitrogen and oxygen atoms in total. The second-order valence-corrected chi connectivity index (χ2v) is 10.8. The molecule has 0 atom stereocenters. The maximum atomic E-state index is 13.6. The molecule has 1 aliphatic rings. The molecule has 0 saturated heterocycles. The largest absolute Gasteiger partial charge is 0.383 e. The average molecular weight is 551 g/mol. The number of hydrogen-bond acceptors (Lipinski definition) is 5. The molecule has 0 unspecified atom stereocenters. The number of carbonyl (C=O) groups is 1. The second-order valence-electron chi connectivity index (χ2n) is 10.8. The molecular formula is C32H31FN6O2. The summed E-state index contributed by atoms with van der Waals surface area (Å²) in [5.41, 5.74) is 9.81. The number of fused-ring (bicyclic) bond motifs is 1. The summed E-state index contributed by atoms with van der Waals surface area (Å²) in [4.78, 5) is 35.5. The summed E-state index contributed by atoms with van der Waals surface area (Å²) in [6, 6.07) is 13.1. The van der Waals surface area contributed by atoms with Gasteiger partial charge in [-0.05, 0) is 54.2 Å². The van der Waals surface area contributed by atoms with Gasteiger partial charge >= 0.3 is 0 Å². The van der Waals surface area contributed by atoms with Crippen molar-refractivity contribution in [2.24, 2.45) is 13.0 Å². The van der Waals surface area contributed by atoms with Gasteiger partial charge < -0.3 is 20.2 Å². The van der Waals surface area contributed by atoms with Gasteiger partial charge in [-0.15, -0.1) is 0 Å². The van der Waals surface area contributed by atoms with Crippen LogP contribution in [-0.4, -0.2) is 25.0 Å². The van der Waals surface area contributed by atoms with E-state index in [9.17, 15) is 14.0 Å². The third kappa shape index (κ3) is 5.35. The first-order valence-corrected chi connectivity index (χ1v) is 13.8. The van der Waals surface area contributed by atoms with Crippen molar-refractivity contribution in [2.45, 2.75) is 38.6 Å². The normalized spacial score (nSPS) is 13.9. The minimum atomic E-state index is -0.494. The Bertz CT molecular complexity index is 1780. The monoisotopic (exact) mass is 550 g/mol. The molecule has 0 radical (unpaired) electrons. The van der Waals surface area contributed by atoms with Gasteiger partial charge in [-0.3, -0.25) is 9.59 Å². The van der Waals surface area contributed by atoms with Crippen LogP contribution in [0.1, 0.15) is 42.5 Å². The molecule has 0 aliphatic heterocycles. The molecule has 6 rings (SSSR count). The van der Waals surface area contributed by atoms with E-state index in [0.29, 0.717) is 28.6 Å². The van der Waals surface area contributed by atoms with Crippen LogP contribution in [0.15, 0.2) is 78.2 Å². The van der Waals surface area contributed by atoms with Gasteiger partial charge in [0.05, 0.1) is 5.39 Å². The van der Waals surface area contributed by atoms with Gasteiger partial charge in [-0.25, -0.2) is 14.4 Å². The fourth-order valence-corrected chi connectivity index (χ4v) is 5.79. The summed E-state index contributed by atoms with van der Waals surface area (Å²) < 4.78 is 17.5. The Morgan fingerprint density at radius 1 is 0.951 bits per heavy atom. The third-order valence-corrected chi connectivity index (χ3v) is 7.91. The lowest BCUT2D eigenvalue weighted by Crippen LogP contribution is -2.25. The van der Waals surface area contributed by atoms with Crippen LogP contribution in [-0.2, 0) is 13.6 Å². The highest BCUT2D eigenvalue weighted by atomic mass is 19.1. The Morgan fingerprint density at radius 2 is 1.63 bits per heavy atom. The van der Waals surface area contributed by atoms with E-state index in [2.05, 4.69) is 15.3 Å². The van der Waals surface area contributed by atoms with Gasteiger partial charge in [0.2, 0.25) is 5.43 Å². The van der Waals surface area contributed by atoms with E-state index in [0.717, 1.165) is 41.5 Å². The number of nitrogens with two attached hydrogens (primary N) is 1. The number of aromatic nitrogens is 4. The van der Waals surface area contributed by atoms with Crippen LogP contribution in [0.25, 0.3) is 33.3 Å². The minimum Gasteiger partial charge on any atom is -0.383 e. The first kappa shape index (κ1) is 26.4. The molecule has 2 aromatic carbocycles. The number of halogens is 1. The Kier molecular flexibility index (Phi) is 7.09. The van der Waals surface area contributed by atoms with Crippen LogP contribution in [0, 0.1) is 11.7 Å². The number of nitrogens with one attached hydrogen (secondary N) is 1. The predicted molar refractivity (Wildman–Crippen MR) is 159 cm³/mol. The number of carbonyl (C=O) groups excluding carboxylic acids is 1. The zero-order chi connectivity index (χ0) is 28.5. The molecule has 9 heteroatoms. The van der Waals surface area contributed by atoms with Crippen molar-refractivity contribution >= 4 is 28.4 Å². The highest BCUT2D eigenvalue weighted by Gasteiger charge is 2.20. The van der Waals surface area contributed by atoms with Crippen molar-refractivity contribution in [3.63, 3.8) is 0 Å². The second kappa shape index (κ2) is 11.0. The van der Waals surface area contributed by atoms with Crippen molar-refractivity contribution in [1.29, 1.82) is 0 Å². The molecule has 3 N–H and O–H groups in total. The molecule has 208 valence electrons. The lowest BCUT2D eigenvalue weighted by atomic mass is 9.89. The summed E-state index contributed by atoms with van der Waals surface area (Å²) in [5.74, 6) is 0.0112. The number of rotatable bonds is 6. The van der Waals surface area contributed by atoms with Gasteiger partial charge in [0.15, 0.2) is 0 Å². The summed E-state index contributed by atoms with van der Waals surface area (Å²) >= 11 is 0. The average Bonchev–Trinajstić information content (AvgIpc) is 3.32. The summed E-state index contributed by atoms with van der Waals surface area (Å²) in [7, 11) is 1.90. The van der Waals surface area contributed by atoms with E-state index in [1.54, 1.807) is 36.7 Å². The maximum Gasteiger partial charge on any atom is 0.261 e. The van der Waals surface area contributed by atoms with Crippen LogP contribution in [0.2, 0.25) is 0 Å². The standard InChI is InChI=1S/C32H31FN6O2/c1-38-16-25(28-30(34)35-19-36-31(28)38)21-9-13-24(14-10-21)37-32(41)27-18-39(15-20-5-3-2-4-6-20)17-26(29(27)40)22-7-11-23(33)12-8-22/h7-14,16-20H,2-6,15H2,1H3,(H,37,41)(H2,34,35,36). The number of nitrogens with zero attached hydrogens (tertiary/aromatic N) is 4. The Hall–Kier alpha value is -4.79. The zero-order valence-electron chi connectivity index (χ0n) is 22.8. The van der Waals surface area contributed by atoms with Crippen LogP contribution >= 0.6 is 0 Å². The van der Waals surface area contributed by atoms with Crippen molar-refractivity contribution in [1.82, 2.24) is 19.1 Å². The molecular weight excluding hydrogens is 519 g/mol. The molecule has 3 aromatic heterocycles. The molecule has 5 aromatic rings. The topological polar surface area (TPSA) is 108 Å². The molecule has 1 amide bonds. The number of benzene rings is 2. The summed E-state index contributed by atoms with van der Waals surface area (Å²) in [5, 5.41) is 3.65. The van der Waals surface area contributed by atoms with Crippen LogP contribution in [0.4, 0.5) is 15.9 Å². The molecule has 41 heavy (non-hydrogen) atoms. The molecule has 1 fully saturated rings. The van der Waals surface area contributed by atoms with Crippen molar-refractivity contribution in [3.8, 4) is 22.3 Å². The number of anilines is 2. The van der Waals surface area contributed by atoms with Crippen LogP contribution < -0.4 is 16.5 Å². The SMILES string of the molecule is Cn1cc(-c2ccc(NC(=O)c3cn(CC4CCCCC4)cc(-c4ccc(F)cc4)c3=O)cc2)c2c(N)ncnc21. The van der Waals surface area contributed by atoms with E-state index in [-0.39, 0.29) is 11.4 Å². The Labute approximate surface area is 236 Å². The number of hydrogen-bond donors (Lipinski definition) is 2. The number of amides is 1. The number of nitrogen functional groups attached to an aromatic ring is 1. The highest BCUT2D eigenvalue weighted by Crippen LogP contribution is 2.33. The van der Waals surface area contributed by atoms with E-state index in [1.807, 2.05) is 34.5 Å². The van der Waals surface area contributed by atoms with Crippen LogP contribution in [0.5, 0.6) is 0 Å². The van der Waals surface area contributed by atoms with E-state index in [4.69, 9.17) is 5.73 Å². The first-order chi connectivity index (χ1) is 19.9. The van der Waals surface area contributed by atoms with Gasteiger partial charge in [0.1, 0.15) is 29.2 Å². The Balaban J connectivity index is 1.30. The fraction of sp³-hybridized carbons (Fsp3) is 0.250. The van der Waals surface area contributed by atoms with E-state index >= 15 is 0 Å². The minimum absolute atomic E-state index is 0.0469. The van der Waals surface area contributed by atoms with Crippen molar-refractivity contribution in [3.05, 3.63) is 95.1 Å². The molecule has 3 heterocycles. The van der Waals surface area contributed by atoms with Gasteiger partial charge in [-0.1, -0.05) is 43.5 Å². The Morgan fingerprint density at radius 3 is 2.37 bits per heavy atom. The predicted octanol–water partition coefficient (Wildman–Crippen LogP) is 6.02. The molecule has 0 bridgehead atoms. The van der Waals surface area contributed by atoms with Gasteiger partial charge in [-0.2, -0.15) is 0 Å². The van der Waals surface area contributed by atoms with Crippen molar-refractivity contribution < 1.29 is 9.18 Å². The number of aryl methyl sites for hydroxylation is 1. The smallest absolute Gasteiger partial charge is 0.261 e. The van der Waals surface area contributed by atoms with Crippen molar-refractivity contribution in [2.75, 3.05) is 11.1 Å². The van der Waals surface area contributed by atoms with Gasteiger partial charge in [0, 0.05) is 49.0 Å².